The van der Waals surface area contributed by atoms with E-state index in [-0.39, 0.29) is 6.04 Å². The van der Waals surface area contributed by atoms with Crippen molar-refractivity contribution < 1.29 is 0 Å². The van der Waals surface area contributed by atoms with E-state index in [2.05, 4.69) is 28.5 Å². The summed E-state index contributed by atoms with van der Waals surface area (Å²) in [6.07, 6.45) is 5.38. The lowest BCUT2D eigenvalue weighted by Gasteiger charge is -2.13. The first-order chi connectivity index (χ1) is 8.19. The number of nitrogens with one attached hydrogen (secondary N) is 1. The normalized spacial score (nSPS) is 11.8. The van der Waals surface area contributed by atoms with Crippen LogP contribution in [0.4, 0.5) is 5.69 Å². The van der Waals surface area contributed by atoms with Crippen LogP contribution in [0.5, 0.6) is 0 Å². The second kappa shape index (κ2) is 5.03. The first-order valence-corrected chi connectivity index (χ1v) is 6.32. The Bertz CT molecular complexity index is 551. The molecule has 1 heterocycles. The maximum Gasteiger partial charge on any atom is 0.0898 e. The maximum atomic E-state index is 5.38. The van der Waals surface area contributed by atoms with Crippen molar-refractivity contribution in [2.45, 2.75) is 19.9 Å². The Morgan fingerprint density at radius 2 is 2.29 bits per heavy atom. The fourth-order valence-electron chi connectivity index (χ4n) is 1.60. The van der Waals surface area contributed by atoms with Crippen molar-refractivity contribution in [1.82, 2.24) is 4.98 Å². The van der Waals surface area contributed by atoms with Gasteiger partial charge in [-0.25, -0.2) is 4.98 Å². The van der Waals surface area contributed by atoms with Crippen molar-refractivity contribution in [1.29, 1.82) is 0 Å². The van der Waals surface area contributed by atoms with Crippen LogP contribution in [0.25, 0.3) is 0 Å². The van der Waals surface area contributed by atoms with Gasteiger partial charge in [0.05, 0.1) is 16.7 Å². The molecule has 1 atom stereocenters. The Hall–Kier alpha value is -1.79. The lowest BCUT2D eigenvalue weighted by Crippen LogP contribution is -2.07. The summed E-state index contributed by atoms with van der Waals surface area (Å²) in [5.74, 6) is 2.63. The fraction of sp³-hybridized carbons (Fsp3) is 0.214. The van der Waals surface area contributed by atoms with E-state index < -0.39 is 0 Å². The van der Waals surface area contributed by atoms with Gasteiger partial charge in [-0.3, -0.25) is 0 Å². The zero-order valence-corrected chi connectivity index (χ0v) is 10.7. The number of nitrogens with zero attached hydrogens (tertiary/aromatic N) is 1. The molecular weight excluding hydrogens is 228 g/mol. The highest BCUT2D eigenvalue weighted by Crippen LogP contribution is 2.21. The van der Waals surface area contributed by atoms with Crippen LogP contribution in [-0.4, -0.2) is 4.98 Å². The molecule has 3 heteroatoms. The molecule has 2 nitrogen and oxygen atoms in total. The van der Waals surface area contributed by atoms with E-state index in [1.165, 1.54) is 0 Å². The van der Waals surface area contributed by atoms with Gasteiger partial charge in [-0.05, 0) is 32.0 Å². The molecule has 0 radical (unpaired) electrons. The third kappa shape index (κ3) is 2.86. The average Bonchev–Trinajstić information content (AvgIpc) is 2.76. The van der Waals surface area contributed by atoms with Crippen molar-refractivity contribution in [3.8, 4) is 12.3 Å². The van der Waals surface area contributed by atoms with Crippen molar-refractivity contribution in [3.05, 3.63) is 45.9 Å². The molecule has 0 fully saturated rings. The van der Waals surface area contributed by atoms with Crippen LogP contribution in [0.1, 0.15) is 29.2 Å². The van der Waals surface area contributed by atoms with Crippen LogP contribution in [0.15, 0.2) is 29.6 Å². The number of terminal acetylenes is 1. The van der Waals surface area contributed by atoms with E-state index in [1.807, 2.05) is 31.2 Å². The quantitative estimate of drug-likeness (QED) is 0.832. The molecule has 2 rings (SSSR count). The van der Waals surface area contributed by atoms with Gasteiger partial charge in [0.15, 0.2) is 0 Å². The van der Waals surface area contributed by atoms with Crippen molar-refractivity contribution in [2.75, 3.05) is 5.32 Å². The van der Waals surface area contributed by atoms with Gasteiger partial charge >= 0.3 is 0 Å². The molecule has 1 unspecified atom stereocenters. The largest absolute Gasteiger partial charge is 0.377 e. The van der Waals surface area contributed by atoms with E-state index in [4.69, 9.17) is 6.42 Å². The molecular formula is C14H14N2S. The highest BCUT2D eigenvalue weighted by atomic mass is 32.1. The highest BCUT2D eigenvalue weighted by molar-refractivity contribution is 7.09. The minimum absolute atomic E-state index is 0.188. The number of hydrogen-bond acceptors (Lipinski definition) is 3. The van der Waals surface area contributed by atoms with Crippen molar-refractivity contribution >= 4 is 17.0 Å². The number of hydrogen-bond donors (Lipinski definition) is 1. The van der Waals surface area contributed by atoms with E-state index >= 15 is 0 Å². The third-order valence-corrected chi connectivity index (χ3v) is 3.28. The number of benzene rings is 1. The van der Waals surface area contributed by atoms with Gasteiger partial charge in [-0.2, -0.15) is 0 Å². The summed E-state index contributed by atoms with van der Waals surface area (Å²) in [5.41, 5.74) is 2.98. The fourth-order valence-corrected chi connectivity index (χ4v) is 2.31. The predicted octanol–water partition coefficient (Wildman–Crippen LogP) is 3.61. The van der Waals surface area contributed by atoms with Crippen LogP contribution in [0.3, 0.4) is 0 Å². The molecule has 17 heavy (non-hydrogen) atoms. The standard InChI is InChI=1S/C14H14N2S/c1-4-12-6-5-7-13(8-12)15-10(2)14-9-17-11(3)16-14/h1,5-10,15H,2-3H3. The summed E-state index contributed by atoms with van der Waals surface area (Å²) < 4.78 is 0. The number of rotatable bonds is 3. The molecule has 1 aromatic carbocycles. The first-order valence-electron chi connectivity index (χ1n) is 5.44. The number of aromatic nitrogens is 1. The number of thiazole rings is 1. The first kappa shape index (κ1) is 11.7. The zero-order chi connectivity index (χ0) is 12.3. The molecule has 2 aromatic rings. The molecule has 86 valence electrons. The number of anilines is 1. The molecule has 0 aliphatic rings. The molecule has 1 N–H and O–H groups in total. The second-order valence-electron chi connectivity index (χ2n) is 3.88. The Morgan fingerprint density at radius 3 is 2.94 bits per heavy atom. The Balaban J connectivity index is 2.13. The van der Waals surface area contributed by atoms with E-state index in [0.29, 0.717) is 0 Å². The highest BCUT2D eigenvalue weighted by Gasteiger charge is 2.08. The van der Waals surface area contributed by atoms with Gasteiger partial charge in [0, 0.05) is 16.6 Å². The molecule has 0 saturated carbocycles. The summed E-state index contributed by atoms with van der Waals surface area (Å²) >= 11 is 1.67. The summed E-state index contributed by atoms with van der Waals surface area (Å²) in [5, 5.41) is 6.57. The Kier molecular flexibility index (Phi) is 3.46. The molecule has 1 aromatic heterocycles. The SMILES string of the molecule is C#Cc1cccc(NC(C)c2csc(C)n2)c1. The second-order valence-corrected chi connectivity index (χ2v) is 4.94. The average molecular weight is 242 g/mol. The van der Waals surface area contributed by atoms with Gasteiger partial charge < -0.3 is 5.32 Å². The van der Waals surface area contributed by atoms with Crippen molar-refractivity contribution in [2.24, 2.45) is 0 Å². The lowest BCUT2D eigenvalue weighted by molar-refractivity contribution is 0.845. The number of aryl methyl sites for hydroxylation is 1. The van der Waals surface area contributed by atoms with Gasteiger partial charge in [0.2, 0.25) is 0 Å². The maximum absolute atomic E-state index is 5.38. The third-order valence-electron chi connectivity index (χ3n) is 2.49. The smallest absolute Gasteiger partial charge is 0.0898 e. The van der Waals surface area contributed by atoms with Crippen LogP contribution < -0.4 is 5.32 Å². The van der Waals surface area contributed by atoms with E-state index in [1.54, 1.807) is 11.3 Å². The van der Waals surface area contributed by atoms with Crippen LogP contribution in [0, 0.1) is 19.3 Å². The summed E-state index contributed by atoms with van der Waals surface area (Å²) in [6.45, 7) is 4.11. The van der Waals surface area contributed by atoms with Crippen LogP contribution in [-0.2, 0) is 0 Å². The molecule has 0 bridgehead atoms. The molecule has 0 aliphatic carbocycles. The van der Waals surface area contributed by atoms with Gasteiger partial charge in [0.25, 0.3) is 0 Å². The zero-order valence-electron chi connectivity index (χ0n) is 9.90. The molecule has 0 spiro atoms. The van der Waals surface area contributed by atoms with Crippen LogP contribution >= 0.6 is 11.3 Å². The van der Waals surface area contributed by atoms with E-state index in [9.17, 15) is 0 Å². The van der Waals surface area contributed by atoms with E-state index in [0.717, 1.165) is 22.0 Å². The minimum atomic E-state index is 0.188. The summed E-state index contributed by atoms with van der Waals surface area (Å²) in [4.78, 5) is 4.47. The minimum Gasteiger partial charge on any atom is -0.377 e. The Morgan fingerprint density at radius 1 is 1.47 bits per heavy atom. The topological polar surface area (TPSA) is 24.9 Å². The lowest BCUT2D eigenvalue weighted by atomic mass is 10.2. The van der Waals surface area contributed by atoms with Gasteiger partial charge in [0.1, 0.15) is 0 Å². The molecule has 0 amide bonds. The predicted molar refractivity (Wildman–Crippen MR) is 73.3 cm³/mol. The monoisotopic (exact) mass is 242 g/mol. The van der Waals surface area contributed by atoms with Crippen molar-refractivity contribution in [3.63, 3.8) is 0 Å². The molecule has 0 aliphatic heterocycles. The molecule has 0 saturated heterocycles. The Labute approximate surface area is 106 Å². The van der Waals surface area contributed by atoms with Crippen LogP contribution in [0.2, 0.25) is 0 Å². The summed E-state index contributed by atoms with van der Waals surface area (Å²) in [7, 11) is 0. The van der Waals surface area contributed by atoms with Gasteiger partial charge in [-0.15, -0.1) is 17.8 Å². The summed E-state index contributed by atoms with van der Waals surface area (Å²) in [6, 6.07) is 8.04. The van der Waals surface area contributed by atoms with Gasteiger partial charge in [-0.1, -0.05) is 12.0 Å².